The summed E-state index contributed by atoms with van der Waals surface area (Å²) in [4.78, 5) is 14.2. The molecule has 0 aliphatic carbocycles. The standard InChI is InChI=1S/C16H27N3O3/c1-13-5-8-19(9-6-13)14(15-4-3-10-22-15)12-18-16(20)17-7-11-21-2/h3-4,10,13-14H,5-9,11-12H2,1-2H3,(H2,17,18,20). The van der Waals surface area contributed by atoms with Crippen LogP contribution in [0.25, 0.3) is 0 Å². The van der Waals surface area contributed by atoms with Crippen molar-refractivity contribution in [1.29, 1.82) is 0 Å². The van der Waals surface area contributed by atoms with Gasteiger partial charge in [0.25, 0.3) is 0 Å². The molecule has 6 heteroatoms. The number of hydrogen-bond acceptors (Lipinski definition) is 4. The first-order valence-corrected chi connectivity index (χ1v) is 7.98. The molecule has 1 saturated heterocycles. The van der Waals surface area contributed by atoms with Crippen LogP contribution in [-0.4, -0.2) is 50.8 Å². The molecular weight excluding hydrogens is 282 g/mol. The number of carbonyl (C=O) groups excluding carboxylic acids is 1. The molecule has 1 aromatic rings. The quantitative estimate of drug-likeness (QED) is 0.756. The van der Waals surface area contributed by atoms with Gasteiger partial charge in [0.1, 0.15) is 5.76 Å². The van der Waals surface area contributed by atoms with Crippen LogP contribution in [0.15, 0.2) is 22.8 Å². The van der Waals surface area contributed by atoms with Crippen LogP contribution in [0.3, 0.4) is 0 Å². The van der Waals surface area contributed by atoms with Gasteiger partial charge in [-0.2, -0.15) is 0 Å². The van der Waals surface area contributed by atoms with E-state index < -0.39 is 0 Å². The van der Waals surface area contributed by atoms with Crippen molar-refractivity contribution in [3.05, 3.63) is 24.2 Å². The average Bonchev–Trinajstić information content (AvgIpc) is 3.04. The number of carbonyl (C=O) groups is 1. The van der Waals surface area contributed by atoms with E-state index in [1.165, 1.54) is 12.8 Å². The van der Waals surface area contributed by atoms with E-state index in [4.69, 9.17) is 9.15 Å². The molecule has 1 atom stereocenters. The van der Waals surface area contributed by atoms with Gasteiger partial charge in [0.2, 0.25) is 0 Å². The molecule has 6 nitrogen and oxygen atoms in total. The van der Waals surface area contributed by atoms with Gasteiger partial charge < -0.3 is 19.8 Å². The van der Waals surface area contributed by atoms with Gasteiger partial charge in [-0.1, -0.05) is 6.92 Å². The Hall–Kier alpha value is -1.53. The number of methoxy groups -OCH3 is 1. The average molecular weight is 309 g/mol. The predicted molar refractivity (Wildman–Crippen MR) is 84.7 cm³/mol. The molecule has 1 aliphatic heterocycles. The van der Waals surface area contributed by atoms with Crippen LogP contribution in [0.4, 0.5) is 4.79 Å². The molecule has 124 valence electrons. The van der Waals surface area contributed by atoms with E-state index in [1.807, 2.05) is 12.1 Å². The molecule has 0 saturated carbocycles. The highest BCUT2D eigenvalue weighted by Crippen LogP contribution is 2.26. The molecule has 0 spiro atoms. The molecule has 1 fully saturated rings. The van der Waals surface area contributed by atoms with E-state index >= 15 is 0 Å². The third-order valence-corrected chi connectivity index (χ3v) is 4.18. The third kappa shape index (κ3) is 5.03. The summed E-state index contributed by atoms with van der Waals surface area (Å²) >= 11 is 0. The molecular formula is C16H27N3O3. The lowest BCUT2D eigenvalue weighted by molar-refractivity contribution is 0.122. The molecule has 1 aromatic heterocycles. The molecule has 2 rings (SSSR count). The zero-order valence-electron chi connectivity index (χ0n) is 13.5. The van der Waals surface area contributed by atoms with E-state index in [0.29, 0.717) is 19.7 Å². The van der Waals surface area contributed by atoms with Gasteiger partial charge >= 0.3 is 6.03 Å². The largest absolute Gasteiger partial charge is 0.468 e. The van der Waals surface area contributed by atoms with E-state index in [0.717, 1.165) is 24.8 Å². The molecule has 1 aliphatic rings. The second-order valence-electron chi connectivity index (χ2n) is 5.88. The van der Waals surface area contributed by atoms with E-state index in [-0.39, 0.29) is 12.1 Å². The number of nitrogens with one attached hydrogen (secondary N) is 2. The highest BCUT2D eigenvalue weighted by molar-refractivity contribution is 5.73. The Kier molecular flexibility index (Phi) is 6.74. The minimum Gasteiger partial charge on any atom is -0.468 e. The van der Waals surface area contributed by atoms with Crippen molar-refractivity contribution in [2.75, 3.05) is 39.9 Å². The highest BCUT2D eigenvalue weighted by Gasteiger charge is 2.26. The number of amides is 2. The van der Waals surface area contributed by atoms with Gasteiger partial charge in [-0.25, -0.2) is 4.79 Å². The number of furan rings is 1. The topological polar surface area (TPSA) is 66.7 Å². The highest BCUT2D eigenvalue weighted by atomic mass is 16.5. The van der Waals surface area contributed by atoms with Crippen molar-refractivity contribution in [1.82, 2.24) is 15.5 Å². The van der Waals surface area contributed by atoms with Crippen LogP contribution >= 0.6 is 0 Å². The van der Waals surface area contributed by atoms with Crippen LogP contribution in [0.1, 0.15) is 31.6 Å². The number of piperidine rings is 1. The van der Waals surface area contributed by atoms with Crippen LogP contribution in [0.2, 0.25) is 0 Å². The minimum absolute atomic E-state index is 0.0932. The summed E-state index contributed by atoms with van der Waals surface area (Å²) < 4.78 is 10.5. The van der Waals surface area contributed by atoms with Gasteiger partial charge in [-0.05, 0) is 44.0 Å². The van der Waals surface area contributed by atoms with Crippen LogP contribution in [0.5, 0.6) is 0 Å². The fraction of sp³-hybridized carbons (Fsp3) is 0.688. The van der Waals surface area contributed by atoms with Crippen LogP contribution < -0.4 is 10.6 Å². The second kappa shape index (κ2) is 8.80. The van der Waals surface area contributed by atoms with Crippen molar-refractivity contribution < 1.29 is 13.9 Å². The predicted octanol–water partition coefficient (Wildman–Crippen LogP) is 2.00. The monoisotopic (exact) mass is 309 g/mol. The Morgan fingerprint density at radius 3 is 2.86 bits per heavy atom. The smallest absolute Gasteiger partial charge is 0.314 e. The maximum atomic E-state index is 11.8. The molecule has 0 aromatic carbocycles. The number of hydrogen-bond donors (Lipinski definition) is 2. The molecule has 2 heterocycles. The Labute approximate surface area is 132 Å². The summed E-state index contributed by atoms with van der Waals surface area (Å²) in [6, 6.07) is 3.80. The summed E-state index contributed by atoms with van der Waals surface area (Å²) in [5, 5.41) is 5.70. The fourth-order valence-corrected chi connectivity index (χ4v) is 2.75. The fourth-order valence-electron chi connectivity index (χ4n) is 2.75. The number of likely N-dealkylation sites (tertiary alicyclic amines) is 1. The van der Waals surface area contributed by atoms with E-state index in [2.05, 4.69) is 22.5 Å². The molecule has 2 N–H and O–H groups in total. The Bertz CT molecular complexity index is 428. The van der Waals surface area contributed by atoms with Crippen molar-refractivity contribution in [2.24, 2.45) is 5.92 Å². The van der Waals surface area contributed by atoms with Crippen molar-refractivity contribution >= 4 is 6.03 Å². The molecule has 0 radical (unpaired) electrons. The lowest BCUT2D eigenvalue weighted by Gasteiger charge is -2.35. The molecule has 22 heavy (non-hydrogen) atoms. The van der Waals surface area contributed by atoms with Gasteiger partial charge in [-0.15, -0.1) is 0 Å². The molecule has 0 bridgehead atoms. The molecule has 2 amide bonds. The lowest BCUT2D eigenvalue weighted by atomic mass is 9.97. The number of ether oxygens (including phenoxy) is 1. The summed E-state index contributed by atoms with van der Waals surface area (Å²) in [6.07, 6.45) is 4.07. The van der Waals surface area contributed by atoms with Crippen molar-refractivity contribution in [3.8, 4) is 0 Å². The maximum absolute atomic E-state index is 11.8. The summed E-state index contributed by atoms with van der Waals surface area (Å²) in [5.74, 6) is 1.69. The number of nitrogens with zero attached hydrogens (tertiary/aromatic N) is 1. The van der Waals surface area contributed by atoms with Gasteiger partial charge in [-0.3, -0.25) is 4.90 Å². The zero-order valence-corrected chi connectivity index (χ0v) is 13.5. The molecule has 1 unspecified atom stereocenters. The summed E-state index contributed by atoms with van der Waals surface area (Å²) in [6.45, 7) is 5.94. The summed E-state index contributed by atoms with van der Waals surface area (Å²) in [5.41, 5.74) is 0. The second-order valence-corrected chi connectivity index (χ2v) is 5.88. The minimum atomic E-state index is -0.168. The normalized spacial score (nSPS) is 18.1. The van der Waals surface area contributed by atoms with Crippen molar-refractivity contribution in [3.63, 3.8) is 0 Å². The van der Waals surface area contributed by atoms with Gasteiger partial charge in [0.05, 0.1) is 18.9 Å². The number of rotatable bonds is 7. The van der Waals surface area contributed by atoms with Gasteiger partial charge in [0.15, 0.2) is 0 Å². The van der Waals surface area contributed by atoms with E-state index in [1.54, 1.807) is 13.4 Å². The van der Waals surface area contributed by atoms with E-state index in [9.17, 15) is 4.79 Å². The van der Waals surface area contributed by atoms with Crippen LogP contribution in [0, 0.1) is 5.92 Å². The van der Waals surface area contributed by atoms with Crippen LogP contribution in [-0.2, 0) is 4.74 Å². The summed E-state index contributed by atoms with van der Waals surface area (Å²) in [7, 11) is 1.61. The SMILES string of the molecule is COCCNC(=O)NCC(c1ccco1)N1CCC(C)CC1. The lowest BCUT2D eigenvalue weighted by Crippen LogP contribution is -2.44. The Morgan fingerprint density at radius 2 is 2.23 bits per heavy atom. The zero-order chi connectivity index (χ0) is 15.8. The first kappa shape index (κ1) is 16.8. The van der Waals surface area contributed by atoms with Gasteiger partial charge in [0, 0.05) is 20.2 Å². The first-order valence-electron chi connectivity index (χ1n) is 7.98. The Balaban J connectivity index is 1.87. The first-order chi connectivity index (χ1) is 10.7. The number of urea groups is 1. The third-order valence-electron chi connectivity index (χ3n) is 4.18. The van der Waals surface area contributed by atoms with Crippen molar-refractivity contribution in [2.45, 2.75) is 25.8 Å². The maximum Gasteiger partial charge on any atom is 0.314 e. The Morgan fingerprint density at radius 1 is 1.45 bits per heavy atom.